The van der Waals surface area contributed by atoms with Crippen molar-refractivity contribution in [1.82, 2.24) is 0 Å². The molecule has 0 fully saturated rings. The van der Waals surface area contributed by atoms with E-state index in [1.807, 2.05) is 0 Å². The van der Waals surface area contributed by atoms with Gasteiger partial charge in [-0.05, 0) is 91.9 Å². The van der Waals surface area contributed by atoms with Gasteiger partial charge in [0.2, 0.25) is 0 Å². The number of rotatable bonds is 5. The molecule has 0 saturated heterocycles. The average Bonchev–Trinajstić information content (AvgIpc) is 3.49. The molecule has 0 N–H and O–H groups in total. The van der Waals surface area contributed by atoms with Crippen molar-refractivity contribution in [2.75, 3.05) is 33.7 Å². The van der Waals surface area contributed by atoms with Gasteiger partial charge in [-0.1, -0.05) is 58.0 Å². The fourth-order valence-electron chi connectivity index (χ4n) is 6.03. The molecule has 0 aliphatic carbocycles. The molecule has 2 aliphatic rings. The molecular formula is C37H39N5Pt. The first-order valence-corrected chi connectivity index (χ1v) is 14.5. The van der Waals surface area contributed by atoms with Crippen LogP contribution in [0.15, 0.2) is 66.7 Å². The minimum absolute atomic E-state index is 0. The second-order valence-corrected chi connectivity index (χ2v) is 11.9. The Labute approximate surface area is 272 Å². The SMILES string of the molecule is Cc1cc2c(cc1C)N(c1[c-]c(N3[CH-]N(C)c4ccccc43)cc(-c3c(C(C)C)cccc3C(C)C)c1)[CH-]N2C.[C-]#N.[Pt+4]. The standard InChI is InChI=1S/C36H39N4.CN.Pt/c1-23(2)30-12-11-13-31(24(3)4)36(30)27-18-28(39-21-37(7)32-14-9-10-15-33(32)39)20-29(19-27)40-22-38(8)34-16-25(5)26(6)17-35(34)40;1-2;/h9-19,21-24H,1-8H3;;/q-3;-1;+4. The molecule has 2 heterocycles. The van der Waals surface area contributed by atoms with Crippen LogP contribution in [0.5, 0.6) is 0 Å². The van der Waals surface area contributed by atoms with Gasteiger partial charge in [0, 0.05) is 22.7 Å². The van der Waals surface area contributed by atoms with E-state index in [0.717, 1.165) is 11.4 Å². The van der Waals surface area contributed by atoms with E-state index in [1.54, 1.807) is 0 Å². The van der Waals surface area contributed by atoms with Crippen molar-refractivity contribution in [3.05, 3.63) is 115 Å². The van der Waals surface area contributed by atoms with Gasteiger partial charge in [-0.2, -0.15) is 13.3 Å². The predicted molar refractivity (Wildman–Crippen MR) is 176 cm³/mol. The number of aryl methyl sites for hydroxylation is 2. The van der Waals surface area contributed by atoms with Gasteiger partial charge in [-0.25, -0.2) is 0 Å². The topological polar surface area (TPSA) is 36.8 Å². The Kier molecular flexibility index (Phi) is 9.63. The van der Waals surface area contributed by atoms with Crippen LogP contribution in [0.1, 0.15) is 61.8 Å². The summed E-state index contributed by atoms with van der Waals surface area (Å²) in [5.41, 5.74) is 14.8. The summed E-state index contributed by atoms with van der Waals surface area (Å²) in [7, 11) is 4.24. The first-order chi connectivity index (χ1) is 20.1. The first kappa shape index (κ1) is 32.2. The van der Waals surface area contributed by atoms with E-state index in [-0.39, 0.29) is 21.1 Å². The Morgan fingerprint density at radius 3 is 1.65 bits per heavy atom. The quantitative estimate of drug-likeness (QED) is 0.190. The fraction of sp³-hybridized carbons (Fsp3) is 0.270. The van der Waals surface area contributed by atoms with E-state index < -0.39 is 0 Å². The monoisotopic (exact) mass is 748 g/mol. The summed E-state index contributed by atoms with van der Waals surface area (Å²) in [6, 6.07) is 28.5. The van der Waals surface area contributed by atoms with Crippen molar-refractivity contribution in [2.45, 2.75) is 53.4 Å². The third-order valence-corrected chi connectivity index (χ3v) is 8.35. The molecule has 2 aliphatic heterocycles. The zero-order chi connectivity index (χ0) is 30.3. The molecule has 0 spiro atoms. The zero-order valence-corrected chi connectivity index (χ0v) is 28.5. The fourth-order valence-corrected chi connectivity index (χ4v) is 6.03. The molecule has 4 aromatic carbocycles. The molecule has 5 nitrogen and oxygen atoms in total. The summed E-state index contributed by atoms with van der Waals surface area (Å²) >= 11 is 0. The van der Waals surface area contributed by atoms with Crippen molar-refractivity contribution in [2.24, 2.45) is 0 Å². The second kappa shape index (κ2) is 12.9. The van der Waals surface area contributed by atoms with E-state index in [0.29, 0.717) is 11.8 Å². The Bertz CT molecular complexity index is 1610. The van der Waals surface area contributed by atoms with E-state index in [1.165, 1.54) is 56.1 Å². The van der Waals surface area contributed by atoms with Gasteiger partial charge in [-0.15, -0.1) is 35.1 Å². The van der Waals surface area contributed by atoms with Crippen LogP contribution in [-0.2, 0) is 21.1 Å². The Morgan fingerprint density at radius 1 is 0.651 bits per heavy atom. The zero-order valence-electron chi connectivity index (χ0n) is 26.2. The van der Waals surface area contributed by atoms with Gasteiger partial charge in [0.05, 0.1) is 0 Å². The second-order valence-electron chi connectivity index (χ2n) is 11.9. The summed E-state index contributed by atoms with van der Waals surface area (Å²) in [5.74, 6) is 0.816. The molecule has 0 atom stereocenters. The maximum Gasteiger partial charge on any atom is 4.00 e. The van der Waals surface area contributed by atoms with Crippen LogP contribution in [-0.4, -0.2) is 14.1 Å². The molecule has 0 saturated carbocycles. The Morgan fingerprint density at radius 2 is 1.12 bits per heavy atom. The number of benzene rings is 4. The summed E-state index contributed by atoms with van der Waals surface area (Å²) in [6.45, 7) is 22.7. The normalized spacial score (nSPS) is 13.6. The largest absolute Gasteiger partial charge is 4.00 e. The van der Waals surface area contributed by atoms with Gasteiger partial charge in [-0.3, -0.25) is 0 Å². The summed E-state index contributed by atoms with van der Waals surface area (Å²) in [4.78, 5) is 8.98. The molecule has 6 heteroatoms. The average molecular weight is 749 g/mol. The van der Waals surface area contributed by atoms with Crippen molar-refractivity contribution in [3.63, 3.8) is 0 Å². The maximum absolute atomic E-state index is 6.25. The van der Waals surface area contributed by atoms with Crippen molar-refractivity contribution >= 4 is 34.1 Å². The van der Waals surface area contributed by atoms with Gasteiger partial charge < -0.3 is 31.4 Å². The minimum Gasteiger partial charge on any atom is -0.512 e. The van der Waals surface area contributed by atoms with Crippen molar-refractivity contribution in [3.8, 4) is 11.1 Å². The molecule has 43 heavy (non-hydrogen) atoms. The van der Waals surface area contributed by atoms with Crippen LogP contribution < -0.4 is 19.6 Å². The van der Waals surface area contributed by atoms with Crippen LogP contribution in [0.25, 0.3) is 11.1 Å². The number of anilines is 6. The molecule has 0 radical (unpaired) electrons. The number of fused-ring (bicyclic) bond motifs is 2. The molecule has 0 amide bonds. The summed E-state index contributed by atoms with van der Waals surface area (Å²) in [6.07, 6.45) is 0. The van der Waals surface area contributed by atoms with E-state index in [9.17, 15) is 0 Å². The van der Waals surface area contributed by atoms with Gasteiger partial charge >= 0.3 is 21.1 Å². The van der Waals surface area contributed by atoms with Crippen LogP contribution >= 0.6 is 0 Å². The number of hydrogen-bond acceptors (Lipinski definition) is 5. The number of nitrogens with zero attached hydrogens (tertiary/aromatic N) is 5. The third-order valence-electron chi connectivity index (χ3n) is 8.35. The minimum atomic E-state index is 0. The number of para-hydroxylation sites is 2. The van der Waals surface area contributed by atoms with Crippen molar-refractivity contribution < 1.29 is 21.1 Å². The number of hydrogen-bond donors (Lipinski definition) is 0. The van der Waals surface area contributed by atoms with Crippen LogP contribution in [0.2, 0.25) is 0 Å². The van der Waals surface area contributed by atoms with Crippen LogP contribution in [0.3, 0.4) is 0 Å². The maximum atomic E-state index is 6.25. The molecule has 0 aromatic heterocycles. The first-order valence-electron chi connectivity index (χ1n) is 14.5. The molecule has 0 bridgehead atoms. The van der Waals surface area contributed by atoms with Crippen LogP contribution in [0, 0.1) is 45.1 Å². The Balaban J connectivity index is 0.00000138. The third kappa shape index (κ3) is 5.78. The molecule has 6 rings (SSSR count). The van der Waals surface area contributed by atoms with E-state index >= 15 is 0 Å². The summed E-state index contributed by atoms with van der Waals surface area (Å²) in [5, 5.41) is 6.25. The predicted octanol–water partition coefficient (Wildman–Crippen LogP) is 9.53. The Hall–Kier alpha value is -3.74. The molecule has 4 aromatic rings. The summed E-state index contributed by atoms with van der Waals surface area (Å²) < 4.78 is 0. The molecular weight excluding hydrogens is 710 g/mol. The van der Waals surface area contributed by atoms with Gasteiger partial charge in [0.25, 0.3) is 0 Å². The van der Waals surface area contributed by atoms with E-state index in [2.05, 4.69) is 161 Å². The van der Waals surface area contributed by atoms with Crippen molar-refractivity contribution in [1.29, 1.82) is 5.26 Å². The van der Waals surface area contributed by atoms with Crippen LogP contribution in [0.4, 0.5) is 34.1 Å². The van der Waals surface area contributed by atoms with E-state index in [4.69, 9.17) is 11.8 Å². The smallest absolute Gasteiger partial charge is 0.512 e. The van der Waals surface area contributed by atoms with Gasteiger partial charge in [0.15, 0.2) is 0 Å². The molecule has 222 valence electrons. The molecule has 0 unspecified atom stereocenters. The van der Waals surface area contributed by atoms with Gasteiger partial charge in [0.1, 0.15) is 0 Å².